The standard InChI is InChI=1S/C10H9F6N.C10H15N.C8H9Cl2N/c11-9(12,13)7-2-1-6(3-4-17)8(5-7)10(14,15)16;1-8-3-4-10(5-6-11)9(2)7-8;1-5(11)7-3-2-6(9)4-8(7)10/h1-2,5H,3-4,17H2;3-4,7H,5-6,11H2,1-2H3;2-5H,11H2,1H3. The quantitative estimate of drug-likeness (QED) is 0.261. The van der Waals surface area contributed by atoms with Gasteiger partial charge in [-0.1, -0.05) is 59.1 Å². The van der Waals surface area contributed by atoms with E-state index in [-0.39, 0.29) is 30.6 Å². The van der Waals surface area contributed by atoms with Gasteiger partial charge in [-0.15, -0.1) is 0 Å². The van der Waals surface area contributed by atoms with Crippen LogP contribution in [0.4, 0.5) is 26.3 Å². The molecule has 11 heteroatoms. The summed E-state index contributed by atoms with van der Waals surface area (Å²) >= 11 is 11.6. The van der Waals surface area contributed by atoms with Gasteiger partial charge in [0.25, 0.3) is 0 Å². The average Bonchev–Trinajstić information content (AvgIpc) is 2.80. The molecule has 1 atom stereocenters. The van der Waals surface area contributed by atoms with Crippen LogP contribution in [0, 0.1) is 13.8 Å². The normalized spacial score (nSPS) is 12.2. The second-order valence-corrected chi connectivity index (χ2v) is 9.67. The van der Waals surface area contributed by atoms with Gasteiger partial charge in [-0.3, -0.25) is 0 Å². The van der Waals surface area contributed by atoms with Gasteiger partial charge in [0.15, 0.2) is 0 Å². The van der Waals surface area contributed by atoms with Crippen molar-refractivity contribution in [2.75, 3.05) is 13.1 Å². The Morgan fingerprint density at radius 3 is 1.77 bits per heavy atom. The van der Waals surface area contributed by atoms with Crippen LogP contribution in [-0.2, 0) is 25.2 Å². The van der Waals surface area contributed by atoms with Crippen molar-refractivity contribution >= 4 is 23.2 Å². The predicted molar refractivity (Wildman–Crippen MR) is 147 cm³/mol. The zero-order valence-corrected chi connectivity index (χ0v) is 23.4. The van der Waals surface area contributed by atoms with E-state index in [9.17, 15) is 26.3 Å². The minimum atomic E-state index is -4.81. The Bertz CT molecular complexity index is 1190. The molecule has 216 valence electrons. The highest BCUT2D eigenvalue weighted by atomic mass is 35.5. The van der Waals surface area contributed by atoms with Crippen LogP contribution < -0.4 is 17.2 Å². The first-order chi connectivity index (χ1) is 18.0. The molecule has 0 radical (unpaired) electrons. The molecule has 0 aliphatic rings. The molecule has 3 rings (SSSR count). The van der Waals surface area contributed by atoms with E-state index in [2.05, 4.69) is 32.0 Å². The Labute approximate surface area is 235 Å². The molecule has 0 heterocycles. The predicted octanol–water partition coefficient (Wildman–Crippen LogP) is 8.04. The molecule has 0 fully saturated rings. The molecule has 0 aliphatic carbocycles. The highest BCUT2D eigenvalue weighted by Gasteiger charge is 2.37. The maximum Gasteiger partial charge on any atom is 0.416 e. The first kappa shape index (κ1) is 34.7. The highest BCUT2D eigenvalue weighted by Crippen LogP contribution is 2.37. The zero-order chi connectivity index (χ0) is 30.0. The third kappa shape index (κ3) is 11.8. The number of alkyl halides is 6. The molecule has 0 saturated heterocycles. The Kier molecular flexibility index (Phi) is 13.8. The van der Waals surface area contributed by atoms with Crippen LogP contribution in [0.3, 0.4) is 0 Å². The molecule has 0 saturated carbocycles. The number of aryl methyl sites for hydroxylation is 2. The van der Waals surface area contributed by atoms with Crippen molar-refractivity contribution in [2.24, 2.45) is 17.2 Å². The molecular weight excluding hydrogens is 563 g/mol. The van der Waals surface area contributed by atoms with Gasteiger partial charge in [-0.05, 0) is 93.2 Å². The number of nitrogens with two attached hydrogens (primary N) is 3. The van der Waals surface area contributed by atoms with E-state index in [1.165, 1.54) is 16.7 Å². The van der Waals surface area contributed by atoms with Crippen LogP contribution in [0.1, 0.15) is 51.9 Å². The fraction of sp³-hybridized carbons (Fsp3) is 0.357. The molecule has 6 N–H and O–H groups in total. The average molecular weight is 596 g/mol. The van der Waals surface area contributed by atoms with Crippen molar-refractivity contribution in [1.29, 1.82) is 0 Å². The van der Waals surface area contributed by atoms with Gasteiger partial charge in [0.1, 0.15) is 0 Å². The molecular formula is C28H33Cl2F6N3. The largest absolute Gasteiger partial charge is 0.416 e. The van der Waals surface area contributed by atoms with Crippen LogP contribution in [0.5, 0.6) is 0 Å². The Balaban J connectivity index is 0.000000304. The number of hydrogen-bond acceptors (Lipinski definition) is 3. The van der Waals surface area contributed by atoms with Crippen molar-refractivity contribution in [2.45, 2.75) is 52.0 Å². The van der Waals surface area contributed by atoms with Crippen molar-refractivity contribution in [3.05, 3.63) is 104 Å². The molecule has 3 nitrogen and oxygen atoms in total. The van der Waals surface area contributed by atoms with E-state index in [4.69, 9.17) is 40.4 Å². The summed E-state index contributed by atoms with van der Waals surface area (Å²) in [5, 5.41) is 1.27. The van der Waals surface area contributed by atoms with E-state index < -0.39 is 23.5 Å². The maximum atomic E-state index is 12.5. The molecule has 0 bridgehead atoms. The van der Waals surface area contributed by atoms with E-state index in [1.54, 1.807) is 12.1 Å². The molecule has 3 aromatic rings. The number of halogens is 8. The molecule has 1 unspecified atom stereocenters. The van der Waals surface area contributed by atoms with Crippen molar-refractivity contribution in [3.8, 4) is 0 Å². The molecule has 0 aromatic heterocycles. The van der Waals surface area contributed by atoms with Gasteiger partial charge < -0.3 is 17.2 Å². The summed E-state index contributed by atoms with van der Waals surface area (Å²) in [5.74, 6) is 0. The second-order valence-electron chi connectivity index (χ2n) is 8.83. The first-order valence-corrected chi connectivity index (χ1v) is 12.7. The van der Waals surface area contributed by atoms with Gasteiger partial charge in [0, 0.05) is 16.1 Å². The summed E-state index contributed by atoms with van der Waals surface area (Å²) in [6.45, 7) is 6.81. The van der Waals surface area contributed by atoms with Crippen molar-refractivity contribution in [3.63, 3.8) is 0 Å². The number of rotatable bonds is 5. The van der Waals surface area contributed by atoms with Crippen LogP contribution in [0.25, 0.3) is 0 Å². The van der Waals surface area contributed by atoms with Crippen LogP contribution in [0.2, 0.25) is 10.0 Å². The molecule has 0 spiro atoms. The molecule has 0 amide bonds. The minimum Gasteiger partial charge on any atom is -0.330 e. The van der Waals surface area contributed by atoms with E-state index in [0.717, 1.165) is 24.6 Å². The Morgan fingerprint density at radius 2 is 1.31 bits per heavy atom. The third-order valence-electron chi connectivity index (χ3n) is 5.52. The van der Waals surface area contributed by atoms with E-state index in [1.807, 2.05) is 13.0 Å². The SMILES string of the molecule is CC(N)c1ccc(Cl)cc1Cl.Cc1ccc(CCN)c(C)c1.NCCc1ccc(C(F)(F)F)cc1C(F)(F)F. The monoisotopic (exact) mass is 595 g/mol. The van der Waals surface area contributed by atoms with Crippen molar-refractivity contribution < 1.29 is 26.3 Å². The summed E-state index contributed by atoms with van der Waals surface area (Å²) in [6.07, 6.45) is -8.73. The van der Waals surface area contributed by atoms with Crippen LogP contribution >= 0.6 is 23.2 Å². The highest BCUT2D eigenvalue weighted by molar-refractivity contribution is 6.35. The summed E-state index contributed by atoms with van der Waals surface area (Å²) in [4.78, 5) is 0. The maximum absolute atomic E-state index is 12.5. The summed E-state index contributed by atoms with van der Waals surface area (Å²) < 4.78 is 74.4. The fourth-order valence-electron chi connectivity index (χ4n) is 3.54. The van der Waals surface area contributed by atoms with Crippen molar-refractivity contribution in [1.82, 2.24) is 0 Å². The third-order valence-corrected chi connectivity index (χ3v) is 6.08. The summed E-state index contributed by atoms with van der Waals surface area (Å²) in [6, 6.07) is 13.3. The smallest absolute Gasteiger partial charge is 0.330 e. The van der Waals surface area contributed by atoms with Crippen LogP contribution in [0.15, 0.2) is 54.6 Å². The second kappa shape index (κ2) is 15.5. The lowest BCUT2D eigenvalue weighted by Gasteiger charge is -2.15. The topological polar surface area (TPSA) is 78.1 Å². The lowest BCUT2D eigenvalue weighted by Crippen LogP contribution is -2.15. The molecule has 0 aliphatic heterocycles. The Morgan fingerprint density at radius 1 is 0.744 bits per heavy atom. The number of hydrogen-bond donors (Lipinski definition) is 3. The minimum absolute atomic E-state index is 0.0419. The van der Waals surface area contributed by atoms with Crippen LogP contribution in [-0.4, -0.2) is 13.1 Å². The summed E-state index contributed by atoms with van der Waals surface area (Å²) in [7, 11) is 0. The van der Waals surface area contributed by atoms with Gasteiger partial charge >= 0.3 is 12.4 Å². The lowest BCUT2D eigenvalue weighted by atomic mass is 10.0. The summed E-state index contributed by atoms with van der Waals surface area (Å²) in [5.41, 5.74) is 18.4. The van der Waals surface area contributed by atoms with E-state index in [0.29, 0.717) is 16.1 Å². The molecule has 39 heavy (non-hydrogen) atoms. The van der Waals surface area contributed by atoms with Gasteiger partial charge in [-0.2, -0.15) is 26.3 Å². The number of benzene rings is 3. The van der Waals surface area contributed by atoms with Gasteiger partial charge in [-0.25, -0.2) is 0 Å². The Hall–Kier alpha value is -2.30. The lowest BCUT2D eigenvalue weighted by molar-refractivity contribution is -0.143. The van der Waals surface area contributed by atoms with Gasteiger partial charge in [0.2, 0.25) is 0 Å². The van der Waals surface area contributed by atoms with Gasteiger partial charge in [0.05, 0.1) is 11.1 Å². The zero-order valence-electron chi connectivity index (χ0n) is 21.9. The molecule has 3 aromatic carbocycles. The van der Waals surface area contributed by atoms with E-state index >= 15 is 0 Å². The first-order valence-electron chi connectivity index (χ1n) is 11.9. The fourth-order valence-corrected chi connectivity index (χ4v) is 4.12.